The molecule has 1 atom stereocenters. The highest BCUT2D eigenvalue weighted by molar-refractivity contribution is 7.10. The topological polar surface area (TPSA) is 118 Å². The van der Waals surface area contributed by atoms with Gasteiger partial charge in [0.1, 0.15) is 11.5 Å². The number of hydrogen-bond acceptors (Lipinski definition) is 9. The Morgan fingerprint density at radius 1 is 1.14 bits per heavy atom. The standard InChI is InChI=1S/C31H32N10OS/c1-20-5-4-10-39(15-20)18-25-12-29(43-38-25)37-30-31-33-14-27(41(31)16-21(2)35-30)23-13-34-40(17-23)19-28(42)36-24-7-8-26-22(11-24)6-3-9-32-26/h3,6-9,11-14,16-17,20H,4-5,10,15,18-19H2,1-2H3,(H,35,37)(H,36,42). The van der Waals surface area contributed by atoms with E-state index in [4.69, 9.17) is 4.98 Å². The van der Waals surface area contributed by atoms with Crippen LogP contribution in [0.1, 0.15) is 31.2 Å². The van der Waals surface area contributed by atoms with Gasteiger partial charge >= 0.3 is 0 Å². The number of carbonyl (C=O) groups excluding carboxylic acids is 1. The van der Waals surface area contributed by atoms with Gasteiger partial charge in [-0.1, -0.05) is 13.0 Å². The number of hydrogen-bond donors (Lipinski definition) is 2. The Morgan fingerprint density at radius 3 is 2.98 bits per heavy atom. The number of piperidine rings is 1. The molecule has 1 unspecified atom stereocenters. The zero-order valence-corrected chi connectivity index (χ0v) is 24.9. The zero-order chi connectivity index (χ0) is 29.3. The maximum Gasteiger partial charge on any atom is 0.246 e. The largest absolute Gasteiger partial charge is 0.328 e. The summed E-state index contributed by atoms with van der Waals surface area (Å²) in [4.78, 5) is 29.0. The SMILES string of the molecule is Cc1cn2c(-c3cnn(CC(=O)Nc4ccc5ncccc5c4)c3)cnc2c(Nc2cc(CN3CCCC(C)C3)ns2)n1. The third-order valence-corrected chi connectivity index (χ3v) is 8.40. The van der Waals surface area contributed by atoms with Gasteiger partial charge in [0.15, 0.2) is 11.5 Å². The van der Waals surface area contributed by atoms with Gasteiger partial charge < -0.3 is 10.6 Å². The summed E-state index contributed by atoms with van der Waals surface area (Å²) in [7, 11) is 0. The Morgan fingerprint density at radius 2 is 2.07 bits per heavy atom. The molecule has 1 fully saturated rings. The van der Waals surface area contributed by atoms with E-state index in [1.807, 2.05) is 60.2 Å². The predicted molar refractivity (Wildman–Crippen MR) is 168 cm³/mol. The van der Waals surface area contributed by atoms with E-state index in [1.54, 1.807) is 17.1 Å². The molecule has 0 radical (unpaired) electrons. The molecule has 43 heavy (non-hydrogen) atoms. The molecule has 1 aliphatic rings. The molecule has 2 N–H and O–H groups in total. The maximum atomic E-state index is 12.8. The van der Waals surface area contributed by atoms with Gasteiger partial charge in [-0.2, -0.15) is 9.47 Å². The Labute approximate surface area is 252 Å². The van der Waals surface area contributed by atoms with Crippen LogP contribution in [0.3, 0.4) is 0 Å². The van der Waals surface area contributed by atoms with Crippen LogP contribution in [0.5, 0.6) is 0 Å². The summed E-state index contributed by atoms with van der Waals surface area (Å²) in [5.74, 6) is 1.24. The summed E-state index contributed by atoms with van der Waals surface area (Å²) < 4.78 is 8.32. The van der Waals surface area contributed by atoms with E-state index in [1.165, 1.54) is 24.4 Å². The molecule has 12 heteroatoms. The molecule has 11 nitrogen and oxygen atoms in total. The average molecular weight is 593 g/mol. The van der Waals surface area contributed by atoms with Crippen molar-refractivity contribution in [2.75, 3.05) is 23.7 Å². The highest BCUT2D eigenvalue weighted by Crippen LogP contribution is 2.28. The lowest BCUT2D eigenvalue weighted by Gasteiger charge is -2.30. The van der Waals surface area contributed by atoms with Gasteiger partial charge in [-0.05, 0) is 74.1 Å². The number of amides is 1. The van der Waals surface area contributed by atoms with Crippen molar-refractivity contribution in [3.05, 3.63) is 78.8 Å². The van der Waals surface area contributed by atoms with Crippen molar-refractivity contribution in [1.29, 1.82) is 0 Å². The number of anilines is 3. The Hall–Kier alpha value is -4.68. The van der Waals surface area contributed by atoms with Gasteiger partial charge in [0.25, 0.3) is 0 Å². The smallest absolute Gasteiger partial charge is 0.246 e. The van der Waals surface area contributed by atoms with Gasteiger partial charge in [0.05, 0.1) is 35.0 Å². The number of fused-ring (bicyclic) bond motifs is 2. The molecule has 0 bridgehead atoms. The molecule has 6 heterocycles. The highest BCUT2D eigenvalue weighted by Gasteiger charge is 2.19. The molecule has 6 aromatic rings. The van der Waals surface area contributed by atoms with E-state index < -0.39 is 0 Å². The fourth-order valence-corrected chi connectivity index (χ4v) is 6.37. The summed E-state index contributed by atoms with van der Waals surface area (Å²) in [5.41, 5.74) is 5.94. The van der Waals surface area contributed by atoms with Crippen molar-refractivity contribution < 1.29 is 4.79 Å². The fraction of sp³-hybridized carbons (Fsp3) is 0.290. The first-order valence-corrected chi connectivity index (χ1v) is 15.2. The summed E-state index contributed by atoms with van der Waals surface area (Å²) in [6.07, 6.45) is 11.7. The number of carbonyl (C=O) groups is 1. The van der Waals surface area contributed by atoms with Crippen LogP contribution in [0.25, 0.3) is 27.8 Å². The molecule has 0 saturated carbocycles. The third kappa shape index (κ3) is 5.97. The van der Waals surface area contributed by atoms with E-state index in [0.29, 0.717) is 11.5 Å². The molecular weight excluding hydrogens is 560 g/mol. The van der Waals surface area contributed by atoms with Crippen molar-refractivity contribution in [3.8, 4) is 11.3 Å². The molecule has 1 amide bonds. The third-order valence-electron chi connectivity index (χ3n) is 7.66. The number of benzene rings is 1. The van der Waals surface area contributed by atoms with Crippen LogP contribution in [-0.2, 0) is 17.9 Å². The van der Waals surface area contributed by atoms with E-state index in [0.717, 1.165) is 69.8 Å². The van der Waals surface area contributed by atoms with E-state index in [2.05, 4.69) is 48.0 Å². The molecule has 1 aliphatic heterocycles. The van der Waals surface area contributed by atoms with E-state index in [-0.39, 0.29) is 12.5 Å². The zero-order valence-electron chi connectivity index (χ0n) is 24.1. The molecule has 218 valence electrons. The van der Waals surface area contributed by atoms with Gasteiger partial charge in [0, 0.05) is 48.3 Å². The van der Waals surface area contributed by atoms with Gasteiger partial charge in [-0.3, -0.25) is 23.8 Å². The van der Waals surface area contributed by atoms with Crippen molar-refractivity contribution in [3.63, 3.8) is 0 Å². The number of imidazole rings is 1. The second-order valence-electron chi connectivity index (χ2n) is 11.2. The lowest BCUT2D eigenvalue weighted by molar-refractivity contribution is -0.116. The molecule has 0 spiro atoms. The summed E-state index contributed by atoms with van der Waals surface area (Å²) in [6, 6.07) is 11.6. The Kier molecular flexibility index (Phi) is 7.29. The lowest BCUT2D eigenvalue weighted by Crippen LogP contribution is -2.33. The maximum absolute atomic E-state index is 12.8. The molecular formula is C31H32N10OS. The van der Waals surface area contributed by atoms with Crippen molar-refractivity contribution in [2.45, 2.75) is 39.8 Å². The predicted octanol–water partition coefficient (Wildman–Crippen LogP) is 5.52. The van der Waals surface area contributed by atoms with Gasteiger partial charge in [-0.15, -0.1) is 0 Å². The first kappa shape index (κ1) is 27.2. The number of rotatable bonds is 8. The van der Waals surface area contributed by atoms with Crippen LogP contribution in [0.4, 0.5) is 16.5 Å². The van der Waals surface area contributed by atoms with Crippen molar-refractivity contribution in [2.24, 2.45) is 5.92 Å². The minimum absolute atomic E-state index is 0.0826. The van der Waals surface area contributed by atoms with Crippen molar-refractivity contribution in [1.82, 2.24) is 38.4 Å². The second-order valence-corrected chi connectivity index (χ2v) is 12.0. The van der Waals surface area contributed by atoms with Crippen LogP contribution in [-0.4, -0.2) is 57.4 Å². The molecule has 1 saturated heterocycles. The van der Waals surface area contributed by atoms with E-state index >= 15 is 0 Å². The fourth-order valence-electron chi connectivity index (χ4n) is 5.71. The molecule has 0 aliphatic carbocycles. The van der Waals surface area contributed by atoms with Crippen molar-refractivity contribution >= 4 is 50.5 Å². The number of pyridine rings is 1. The second kappa shape index (κ2) is 11.5. The normalized spacial score (nSPS) is 15.7. The van der Waals surface area contributed by atoms with Gasteiger partial charge in [0.2, 0.25) is 5.91 Å². The summed E-state index contributed by atoms with van der Waals surface area (Å²) in [6.45, 7) is 7.49. The summed E-state index contributed by atoms with van der Waals surface area (Å²) in [5, 5.41) is 12.7. The van der Waals surface area contributed by atoms with Crippen LogP contribution in [0.15, 0.2) is 67.4 Å². The quantitative estimate of drug-likeness (QED) is 0.237. The number of nitrogens with one attached hydrogen (secondary N) is 2. The Balaban J connectivity index is 1.05. The Bertz CT molecular complexity index is 1920. The highest BCUT2D eigenvalue weighted by atomic mass is 32.1. The monoisotopic (exact) mass is 592 g/mol. The molecule has 5 aromatic heterocycles. The van der Waals surface area contributed by atoms with Crippen LogP contribution in [0.2, 0.25) is 0 Å². The number of aromatic nitrogens is 7. The minimum atomic E-state index is -0.165. The van der Waals surface area contributed by atoms with Gasteiger partial charge in [-0.25, -0.2) is 9.97 Å². The van der Waals surface area contributed by atoms with Crippen LogP contribution in [0, 0.1) is 12.8 Å². The van der Waals surface area contributed by atoms with E-state index in [9.17, 15) is 4.79 Å². The van der Waals surface area contributed by atoms with Crippen LogP contribution < -0.4 is 10.6 Å². The molecule has 1 aromatic carbocycles. The number of likely N-dealkylation sites (tertiary alicyclic amines) is 1. The number of nitrogens with zero attached hydrogens (tertiary/aromatic N) is 8. The number of aryl methyl sites for hydroxylation is 1. The first-order valence-electron chi connectivity index (χ1n) is 14.4. The minimum Gasteiger partial charge on any atom is -0.328 e. The summed E-state index contributed by atoms with van der Waals surface area (Å²) >= 11 is 1.44. The molecule has 7 rings (SSSR count). The average Bonchev–Trinajstić information content (AvgIpc) is 3.73. The first-order chi connectivity index (χ1) is 21.0. The van der Waals surface area contributed by atoms with Crippen LogP contribution >= 0.6 is 11.5 Å². The lowest BCUT2D eigenvalue weighted by atomic mass is 10.0.